The van der Waals surface area contributed by atoms with Gasteiger partial charge in [-0.25, -0.2) is 4.79 Å². The Balaban J connectivity index is 1.91. The molecule has 46 heavy (non-hydrogen) atoms. The zero-order valence-electron chi connectivity index (χ0n) is 29.5. The molecule has 0 fully saturated rings. The van der Waals surface area contributed by atoms with Crippen molar-refractivity contribution in [2.75, 3.05) is 0 Å². The highest BCUT2D eigenvalue weighted by Gasteiger charge is 2.46. The number of hydrogen-bond donors (Lipinski definition) is 0. The molecular formula is C38H53F2O5P. The van der Waals surface area contributed by atoms with E-state index in [9.17, 15) is 18.4 Å². The highest BCUT2D eigenvalue weighted by Crippen LogP contribution is 2.42. The fourth-order valence-corrected chi connectivity index (χ4v) is 5.64. The van der Waals surface area contributed by atoms with Gasteiger partial charge in [-0.15, -0.1) is 0 Å². The molecule has 0 saturated carbocycles. The summed E-state index contributed by atoms with van der Waals surface area (Å²) in [4.78, 5) is 26.7. The van der Waals surface area contributed by atoms with Gasteiger partial charge in [0.1, 0.15) is 22.5 Å². The number of unbranched alkanes of at least 4 members (excludes halogenated alkanes) is 2. The standard InChI is InChI=1S/C38H53F2O5P/c1-12-13-14-15-24-16-19-27(29(20-24)38(39,40)46)28-21-25-17-18-26(22-31(25)43-32(28)41)44-36(8,9)37(10,11)45-33(42)30(35(5,6)7)23-34(2,3)4/h16-22,30H,12-15,23,46H2,1-11H3. The van der Waals surface area contributed by atoms with Gasteiger partial charge in [-0.3, -0.25) is 4.79 Å². The number of aryl methyl sites for hydroxylation is 1. The van der Waals surface area contributed by atoms with E-state index in [0.717, 1.165) is 24.8 Å². The maximum absolute atomic E-state index is 14.8. The summed E-state index contributed by atoms with van der Waals surface area (Å²) in [5.74, 6) is -0.172. The van der Waals surface area contributed by atoms with E-state index in [2.05, 4.69) is 27.7 Å². The van der Waals surface area contributed by atoms with Gasteiger partial charge in [0, 0.05) is 17.0 Å². The Bertz CT molecular complexity index is 1590. The number of hydrogen-bond acceptors (Lipinski definition) is 5. The number of esters is 1. The van der Waals surface area contributed by atoms with Crippen LogP contribution in [-0.4, -0.2) is 17.2 Å². The fraction of sp³-hybridized carbons (Fsp3) is 0.579. The number of carbonyl (C=O) groups is 1. The van der Waals surface area contributed by atoms with Crippen LogP contribution in [0.25, 0.3) is 22.1 Å². The SMILES string of the molecule is CCCCCc1ccc(-c2cc3ccc(OC(C)(C)C(C)(C)OC(=O)C(CC(C)(C)C)C(C)(C)C)cc3oc2=O)c(C(F)(F)P)c1. The van der Waals surface area contributed by atoms with Crippen LogP contribution in [0.1, 0.15) is 113 Å². The largest absolute Gasteiger partial charge is 0.484 e. The van der Waals surface area contributed by atoms with Crippen molar-refractivity contribution >= 4 is 26.2 Å². The molecule has 0 aliphatic heterocycles. The van der Waals surface area contributed by atoms with Crippen LogP contribution in [0.2, 0.25) is 0 Å². The molecule has 0 aliphatic carbocycles. The molecule has 0 N–H and O–H groups in total. The molecule has 2 atom stereocenters. The number of rotatable bonds is 12. The Kier molecular flexibility index (Phi) is 11.3. The van der Waals surface area contributed by atoms with Gasteiger partial charge in [-0.1, -0.05) is 82.7 Å². The minimum Gasteiger partial charge on any atom is -0.484 e. The molecule has 5 nitrogen and oxygen atoms in total. The first-order valence-electron chi connectivity index (χ1n) is 16.3. The molecule has 3 rings (SSSR count). The third-order valence-corrected chi connectivity index (χ3v) is 9.15. The highest BCUT2D eigenvalue weighted by molar-refractivity contribution is 7.17. The second-order valence-electron chi connectivity index (χ2n) is 15.8. The minimum absolute atomic E-state index is 0.0579. The van der Waals surface area contributed by atoms with Gasteiger partial charge in [-0.05, 0) is 93.2 Å². The van der Waals surface area contributed by atoms with Crippen molar-refractivity contribution in [2.45, 2.75) is 125 Å². The summed E-state index contributed by atoms with van der Waals surface area (Å²) in [6.45, 7) is 21.9. The van der Waals surface area contributed by atoms with Gasteiger partial charge in [0.05, 0.1) is 11.5 Å². The van der Waals surface area contributed by atoms with Crippen molar-refractivity contribution in [3.63, 3.8) is 0 Å². The molecule has 0 aliphatic rings. The molecule has 0 saturated heterocycles. The smallest absolute Gasteiger partial charge is 0.344 e. The lowest BCUT2D eigenvalue weighted by Crippen LogP contribution is -2.54. The molecular weight excluding hydrogens is 605 g/mol. The Morgan fingerprint density at radius 1 is 0.870 bits per heavy atom. The van der Waals surface area contributed by atoms with Crippen molar-refractivity contribution in [3.05, 3.63) is 64.0 Å². The van der Waals surface area contributed by atoms with Crippen LogP contribution in [0.5, 0.6) is 5.75 Å². The maximum Gasteiger partial charge on any atom is 0.344 e. The second kappa shape index (κ2) is 13.7. The first kappa shape index (κ1) is 37.7. The molecule has 2 aromatic carbocycles. The summed E-state index contributed by atoms with van der Waals surface area (Å²) in [5, 5.41) is 0.561. The molecule has 2 unspecified atom stereocenters. The van der Waals surface area contributed by atoms with Crippen LogP contribution >= 0.6 is 9.24 Å². The Morgan fingerprint density at radius 3 is 2.09 bits per heavy atom. The maximum atomic E-state index is 14.8. The Labute approximate surface area is 276 Å². The summed E-state index contributed by atoms with van der Waals surface area (Å²) in [6.07, 6.45) is 4.33. The number of benzene rings is 2. The van der Waals surface area contributed by atoms with Crippen molar-refractivity contribution in [2.24, 2.45) is 16.7 Å². The monoisotopic (exact) mass is 658 g/mol. The summed E-state index contributed by atoms with van der Waals surface area (Å²) >= 11 is 0. The summed E-state index contributed by atoms with van der Waals surface area (Å²) < 4.78 is 47.7. The van der Waals surface area contributed by atoms with E-state index in [0.29, 0.717) is 24.0 Å². The van der Waals surface area contributed by atoms with Crippen LogP contribution in [0.15, 0.2) is 51.7 Å². The molecule has 1 heterocycles. The number of carbonyl (C=O) groups excluding carboxylic acids is 1. The average molecular weight is 659 g/mol. The van der Waals surface area contributed by atoms with Crippen LogP contribution in [0, 0.1) is 16.7 Å². The number of ether oxygens (including phenoxy) is 2. The quantitative estimate of drug-likeness (QED) is 0.0839. The molecule has 8 heteroatoms. The lowest BCUT2D eigenvalue weighted by atomic mass is 9.72. The normalized spacial score (nSPS) is 14.0. The average Bonchev–Trinajstić information content (AvgIpc) is 2.89. The van der Waals surface area contributed by atoms with Crippen molar-refractivity contribution in [1.29, 1.82) is 0 Å². The van der Waals surface area contributed by atoms with E-state index < -0.39 is 22.5 Å². The molecule has 1 aromatic heterocycles. The number of alkyl halides is 2. The van der Waals surface area contributed by atoms with Crippen LogP contribution in [0.4, 0.5) is 8.78 Å². The van der Waals surface area contributed by atoms with Gasteiger partial charge >= 0.3 is 11.6 Å². The van der Waals surface area contributed by atoms with Crippen LogP contribution < -0.4 is 10.4 Å². The third kappa shape index (κ3) is 9.40. The molecule has 254 valence electrons. The molecule has 0 spiro atoms. The molecule has 0 bridgehead atoms. The van der Waals surface area contributed by atoms with Crippen molar-refractivity contribution in [3.8, 4) is 16.9 Å². The van der Waals surface area contributed by atoms with Gasteiger partial charge in [0.2, 0.25) is 0 Å². The summed E-state index contributed by atoms with van der Waals surface area (Å²) in [7, 11) is 1.59. The summed E-state index contributed by atoms with van der Waals surface area (Å²) in [5.41, 5.74) is -5.25. The summed E-state index contributed by atoms with van der Waals surface area (Å²) in [6, 6.07) is 11.5. The van der Waals surface area contributed by atoms with Crippen LogP contribution in [-0.2, 0) is 21.6 Å². The first-order chi connectivity index (χ1) is 20.9. The van der Waals surface area contributed by atoms with Gasteiger partial charge in [0.15, 0.2) is 0 Å². The van der Waals surface area contributed by atoms with E-state index in [1.54, 1.807) is 45.6 Å². The van der Waals surface area contributed by atoms with E-state index in [1.807, 2.05) is 48.5 Å². The van der Waals surface area contributed by atoms with Gasteiger partial charge in [-0.2, -0.15) is 8.78 Å². The second-order valence-corrected chi connectivity index (χ2v) is 16.6. The third-order valence-electron chi connectivity index (χ3n) is 8.83. The fourth-order valence-electron chi connectivity index (χ4n) is 5.40. The number of halogens is 2. The van der Waals surface area contributed by atoms with Crippen molar-refractivity contribution < 1.29 is 27.5 Å². The van der Waals surface area contributed by atoms with Gasteiger partial charge in [0.25, 0.3) is 5.66 Å². The predicted molar refractivity (Wildman–Crippen MR) is 187 cm³/mol. The predicted octanol–water partition coefficient (Wildman–Crippen LogP) is 10.7. The zero-order valence-corrected chi connectivity index (χ0v) is 30.7. The Hall–Kier alpha value is -2.79. The number of fused-ring (bicyclic) bond motifs is 1. The van der Waals surface area contributed by atoms with E-state index in [-0.39, 0.29) is 45.0 Å². The van der Waals surface area contributed by atoms with E-state index >= 15 is 0 Å². The lowest BCUT2D eigenvalue weighted by molar-refractivity contribution is -0.186. The minimum atomic E-state index is -3.23. The molecule has 3 aromatic rings. The zero-order chi connectivity index (χ0) is 34.9. The lowest BCUT2D eigenvalue weighted by Gasteiger charge is -2.43. The van der Waals surface area contributed by atoms with Crippen LogP contribution in [0.3, 0.4) is 0 Å². The van der Waals surface area contributed by atoms with E-state index in [1.165, 1.54) is 6.07 Å². The van der Waals surface area contributed by atoms with Crippen molar-refractivity contribution in [1.82, 2.24) is 0 Å². The van der Waals surface area contributed by atoms with Gasteiger partial charge < -0.3 is 13.9 Å². The van der Waals surface area contributed by atoms with E-state index in [4.69, 9.17) is 13.9 Å². The molecule has 0 radical (unpaired) electrons. The topological polar surface area (TPSA) is 65.7 Å². The first-order valence-corrected chi connectivity index (χ1v) is 16.8. The Morgan fingerprint density at radius 2 is 1.52 bits per heavy atom. The highest BCUT2D eigenvalue weighted by atomic mass is 31.0. The molecule has 0 amide bonds.